The van der Waals surface area contributed by atoms with Crippen LogP contribution in [0, 0.1) is 5.92 Å². The molecule has 1 fully saturated rings. The normalized spacial score (nSPS) is 21.3. The van der Waals surface area contributed by atoms with E-state index in [4.69, 9.17) is 16.3 Å². The minimum atomic E-state index is -1.46. The van der Waals surface area contributed by atoms with Gasteiger partial charge in [-0.3, -0.25) is 9.59 Å². The van der Waals surface area contributed by atoms with Crippen molar-refractivity contribution in [1.29, 1.82) is 0 Å². The molecule has 2 unspecified atom stereocenters. The summed E-state index contributed by atoms with van der Waals surface area (Å²) in [5.41, 5.74) is 5.79. The summed E-state index contributed by atoms with van der Waals surface area (Å²) in [5.74, 6) is 4.45. The number of imide groups is 1. The van der Waals surface area contributed by atoms with E-state index in [2.05, 4.69) is 13.8 Å². The number of thioether (sulfide) groups is 1. The Hall–Kier alpha value is -0.670. The Morgan fingerprint density at radius 2 is 2.14 bits per heavy atom. The van der Waals surface area contributed by atoms with Crippen LogP contribution in [0.1, 0.15) is 26.7 Å². The second-order valence-electron chi connectivity index (χ2n) is 5.42. The first-order valence-electron chi connectivity index (χ1n) is 7.10. The zero-order valence-corrected chi connectivity index (χ0v) is 13.3. The lowest BCUT2D eigenvalue weighted by Crippen LogP contribution is -2.54. The van der Waals surface area contributed by atoms with Gasteiger partial charge in [0, 0.05) is 12.6 Å². The summed E-state index contributed by atoms with van der Waals surface area (Å²) in [6, 6.07) is -0.734. The summed E-state index contributed by atoms with van der Waals surface area (Å²) in [7, 11) is 0. The maximum Gasteiger partial charge on any atom is 0.273 e. The summed E-state index contributed by atoms with van der Waals surface area (Å²) >= 11 is 1.69. The van der Waals surface area contributed by atoms with Gasteiger partial charge in [0.05, 0.1) is 12.5 Å². The lowest BCUT2D eigenvalue weighted by atomic mass is 10.1. The van der Waals surface area contributed by atoms with Gasteiger partial charge in [-0.1, -0.05) is 13.8 Å². The molecule has 0 aromatic heterocycles. The zero-order valence-electron chi connectivity index (χ0n) is 12.5. The third kappa shape index (κ3) is 5.55. The van der Waals surface area contributed by atoms with Gasteiger partial charge in [-0.15, -0.1) is 0 Å². The van der Waals surface area contributed by atoms with Crippen LogP contribution in [0.5, 0.6) is 0 Å². The molecule has 5 N–H and O–H groups in total. The molecule has 0 radical (unpaired) electrons. The molecule has 21 heavy (non-hydrogen) atoms. The number of carbonyl (C=O) groups excluding carboxylic acids is 2. The number of hydrogen-bond acceptors (Lipinski definition) is 7. The van der Waals surface area contributed by atoms with E-state index < -0.39 is 29.9 Å². The summed E-state index contributed by atoms with van der Waals surface area (Å²) in [4.78, 5) is 23.9. The average Bonchev–Trinajstić information content (AvgIpc) is 2.97. The zero-order chi connectivity index (χ0) is 16.0. The smallest absolute Gasteiger partial charge is 0.273 e. The maximum atomic E-state index is 12.0. The Labute approximate surface area is 129 Å². The third-order valence-electron chi connectivity index (χ3n) is 3.31. The molecule has 0 bridgehead atoms. The van der Waals surface area contributed by atoms with Crippen molar-refractivity contribution in [3.63, 3.8) is 0 Å². The van der Waals surface area contributed by atoms with Crippen LogP contribution in [0.2, 0.25) is 0 Å². The van der Waals surface area contributed by atoms with Crippen molar-refractivity contribution in [2.75, 3.05) is 19.0 Å². The molecule has 2 amide bonds. The van der Waals surface area contributed by atoms with E-state index in [-0.39, 0.29) is 6.61 Å². The van der Waals surface area contributed by atoms with E-state index in [1.54, 1.807) is 11.8 Å². The molecule has 1 rings (SSSR count). The van der Waals surface area contributed by atoms with Gasteiger partial charge in [-0.25, -0.2) is 10.9 Å². The first-order chi connectivity index (χ1) is 9.84. The van der Waals surface area contributed by atoms with Crippen molar-refractivity contribution in [3.05, 3.63) is 0 Å². The second kappa shape index (κ2) is 8.70. The number of nitrogens with two attached hydrogens (primary N) is 2. The monoisotopic (exact) mass is 319 g/mol. The standard InChI is InChI=1S/C13H25N3O4S/c1-8(2)21-6-4-10(14)11(17)13(19)16(15)12(18)9-3-5-20-7-9/h8-11,17H,3-7,14-15H2,1-2H3/t9?,10-,11?/m1/s1. The number of amides is 2. The minimum Gasteiger partial charge on any atom is -0.382 e. The molecule has 122 valence electrons. The van der Waals surface area contributed by atoms with E-state index in [1.807, 2.05) is 0 Å². The molecule has 1 aliphatic rings. The Morgan fingerprint density at radius 3 is 2.67 bits per heavy atom. The first-order valence-corrected chi connectivity index (χ1v) is 8.15. The molecule has 0 aliphatic carbocycles. The number of hydrogen-bond donors (Lipinski definition) is 3. The number of nitrogens with zero attached hydrogens (tertiary/aromatic N) is 1. The highest BCUT2D eigenvalue weighted by Crippen LogP contribution is 2.16. The van der Waals surface area contributed by atoms with Gasteiger partial charge >= 0.3 is 0 Å². The Morgan fingerprint density at radius 1 is 1.48 bits per heavy atom. The van der Waals surface area contributed by atoms with Crippen LogP contribution in [0.15, 0.2) is 0 Å². The van der Waals surface area contributed by atoms with Crippen LogP contribution in [0.4, 0.5) is 0 Å². The summed E-state index contributed by atoms with van der Waals surface area (Å²) in [6.07, 6.45) is -0.453. The topological polar surface area (TPSA) is 119 Å². The highest BCUT2D eigenvalue weighted by molar-refractivity contribution is 7.99. The SMILES string of the molecule is CC(C)SCC[C@@H](N)C(O)C(=O)N(N)C(=O)C1CCOC1. The van der Waals surface area contributed by atoms with E-state index in [9.17, 15) is 14.7 Å². The Bertz CT molecular complexity index is 361. The molecule has 1 aliphatic heterocycles. The molecule has 1 saturated heterocycles. The predicted molar refractivity (Wildman–Crippen MR) is 81.2 cm³/mol. The van der Waals surface area contributed by atoms with Crippen molar-refractivity contribution in [3.8, 4) is 0 Å². The molecule has 7 nitrogen and oxygen atoms in total. The van der Waals surface area contributed by atoms with Crippen LogP contribution in [0.3, 0.4) is 0 Å². The van der Waals surface area contributed by atoms with Gasteiger partial charge in [0.15, 0.2) is 0 Å². The lowest BCUT2D eigenvalue weighted by molar-refractivity contribution is -0.153. The van der Waals surface area contributed by atoms with Crippen LogP contribution < -0.4 is 11.6 Å². The van der Waals surface area contributed by atoms with Gasteiger partial charge in [0.1, 0.15) is 6.10 Å². The average molecular weight is 319 g/mol. The second-order valence-corrected chi connectivity index (χ2v) is 7.11. The molecular weight excluding hydrogens is 294 g/mol. The summed E-state index contributed by atoms with van der Waals surface area (Å²) in [6.45, 7) is 4.85. The largest absolute Gasteiger partial charge is 0.382 e. The summed E-state index contributed by atoms with van der Waals surface area (Å²) in [5, 5.41) is 10.9. The van der Waals surface area contributed by atoms with Crippen molar-refractivity contribution < 1.29 is 19.4 Å². The highest BCUT2D eigenvalue weighted by Gasteiger charge is 2.34. The molecule has 0 aromatic rings. The van der Waals surface area contributed by atoms with Crippen LogP contribution in [0.25, 0.3) is 0 Å². The molecule has 0 saturated carbocycles. The highest BCUT2D eigenvalue weighted by atomic mass is 32.2. The van der Waals surface area contributed by atoms with Gasteiger partial charge in [0.2, 0.25) is 5.91 Å². The van der Waals surface area contributed by atoms with Gasteiger partial charge in [-0.2, -0.15) is 11.8 Å². The Kier molecular flexibility index (Phi) is 7.61. The Balaban J connectivity index is 2.45. The molecule has 3 atom stereocenters. The van der Waals surface area contributed by atoms with Crippen LogP contribution in [-0.2, 0) is 14.3 Å². The quantitative estimate of drug-likeness (QED) is 0.328. The maximum absolute atomic E-state index is 12.0. The van der Waals surface area contributed by atoms with Gasteiger partial charge in [-0.05, 0) is 23.8 Å². The number of aliphatic hydroxyl groups excluding tert-OH is 1. The van der Waals surface area contributed by atoms with Crippen molar-refractivity contribution in [2.24, 2.45) is 17.5 Å². The van der Waals surface area contributed by atoms with Gasteiger partial charge < -0.3 is 15.6 Å². The molecular formula is C13H25N3O4S. The first kappa shape index (κ1) is 18.4. The van der Waals surface area contributed by atoms with E-state index in [1.165, 1.54) is 0 Å². The molecule has 8 heteroatoms. The predicted octanol–water partition coefficient (Wildman–Crippen LogP) is -0.528. The molecule has 1 heterocycles. The number of carbonyl (C=O) groups is 2. The van der Waals surface area contributed by atoms with Crippen LogP contribution >= 0.6 is 11.8 Å². The fourth-order valence-electron chi connectivity index (χ4n) is 1.96. The summed E-state index contributed by atoms with van der Waals surface area (Å²) < 4.78 is 5.09. The van der Waals surface area contributed by atoms with Crippen LogP contribution in [-0.4, -0.2) is 58.3 Å². The van der Waals surface area contributed by atoms with E-state index >= 15 is 0 Å². The number of rotatable bonds is 7. The number of hydrazine groups is 1. The van der Waals surface area contributed by atoms with Gasteiger partial charge in [0.25, 0.3) is 5.91 Å². The number of ether oxygens (including phenoxy) is 1. The fourth-order valence-corrected chi connectivity index (χ4v) is 2.84. The minimum absolute atomic E-state index is 0.257. The van der Waals surface area contributed by atoms with E-state index in [0.29, 0.717) is 29.7 Å². The molecule has 0 aromatic carbocycles. The van der Waals surface area contributed by atoms with E-state index in [0.717, 1.165) is 5.75 Å². The molecule has 0 spiro atoms. The lowest BCUT2D eigenvalue weighted by Gasteiger charge is -2.24. The fraction of sp³-hybridized carbons (Fsp3) is 0.846. The van der Waals surface area contributed by atoms with Crippen molar-refractivity contribution >= 4 is 23.6 Å². The third-order valence-corrected chi connectivity index (χ3v) is 4.45. The van der Waals surface area contributed by atoms with Crippen molar-refractivity contribution in [1.82, 2.24) is 5.01 Å². The number of aliphatic hydroxyl groups is 1. The van der Waals surface area contributed by atoms with Crippen molar-refractivity contribution in [2.45, 2.75) is 44.1 Å².